The van der Waals surface area contributed by atoms with Gasteiger partial charge in [0.1, 0.15) is 0 Å². The van der Waals surface area contributed by atoms with E-state index in [2.05, 4.69) is 4.74 Å². The van der Waals surface area contributed by atoms with Gasteiger partial charge in [0.2, 0.25) is 0 Å². The molecule has 0 heterocycles. The molecule has 0 aliphatic carbocycles. The molecule has 72 valence electrons. The molecule has 0 N–H and O–H groups in total. The normalized spacial score (nSPS) is 12.6. The molecule has 0 radical (unpaired) electrons. The Morgan fingerprint density at radius 2 is 1.23 bits per heavy atom. The molecule has 0 unspecified atom stereocenters. The van der Waals surface area contributed by atoms with Gasteiger partial charge in [0, 0.05) is 11.1 Å². The summed E-state index contributed by atoms with van der Waals surface area (Å²) in [6.07, 6.45) is 3.20. The first-order chi connectivity index (χ1) is 6.02. The summed E-state index contributed by atoms with van der Waals surface area (Å²) in [6, 6.07) is 0. The third-order valence-electron chi connectivity index (χ3n) is 1.70. The number of rotatable bonds is 2. The number of allylic oxidation sites excluding steroid dienone is 2. The molecule has 0 aromatic carbocycles. The van der Waals surface area contributed by atoms with Crippen molar-refractivity contribution in [3.8, 4) is 0 Å². The van der Waals surface area contributed by atoms with Gasteiger partial charge in [0.05, 0.1) is 0 Å². The second-order valence-corrected chi connectivity index (χ2v) is 2.62. The Labute approximate surface area is 78.1 Å². The molecule has 0 aliphatic heterocycles. The van der Waals surface area contributed by atoms with Gasteiger partial charge in [-0.05, 0) is 27.7 Å². The zero-order valence-corrected chi connectivity index (χ0v) is 8.38. The van der Waals surface area contributed by atoms with Crippen molar-refractivity contribution in [3.63, 3.8) is 0 Å². The molecule has 3 heteroatoms. The van der Waals surface area contributed by atoms with Crippen molar-refractivity contribution >= 4 is 11.9 Å². The molecule has 13 heavy (non-hydrogen) atoms. The second kappa shape index (κ2) is 5.30. The first-order valence-electron chi connectivity index (χ1n) is 4.05. The minimum absolute atomic E-state index is 0.428. The van der Waals surface area contributed by atoms with Crippen molar-refractivity contribution in [1.29, 1.82) is 0 Å². The summed E-state index contributed by atoms with van der Waals surface area (Å²) in [5.74, 6) is -1.18. The molecule has 0 aliphatic rings. The van der Waals surface area contributed by atoms with E-state index in [1.54, 1.807) is 39.8 Å². The van der Waals surface area contributed by atoms with E-state index in [1.165, 1.54) is 0 Å². The summed E-state index contributed by atoms with van der Waals surface area (Å²) >= 11 is 0. The molecule has 0 aromatic heterocycles. The first-order valence-corrected chi connectivity index (χ1v) is 4.05. The molecule has 0 spiro atoms. The van der Waals surface area contributed by atoms with Gasteiger partial charge in [0.25, 0.3) is 0 Å². The van der Waals surface area contributed by atoms with E-state index in [0.717, 1.165) is 0 Å². The topological polar surface area (TPSA) is 43.4 Å². The number of esters is 2. The highest BCUT2D eigenvalue weighted by molar-refractivity contribution is 6.01. The van der Waals surface area contributed by atoms with E-state index in [0.29, 0.717) is 11.1 Å². The largest absolute Gasteiger partial charge is 0.386 e. The van der Waals surface area contributed by atoms with E-state index >= 15 is 0 Å². The van der Waals surface area contributed by atoms with Crippen molar-refractivity contribution in [2.75, 3.05) is 0 Å². The number of hydrogen-bond acceptors (Lipinski definition) is 3. The summed E-state index contributed by atoms with van der Waals surface area (Å²) in [7, 11) is 0. The van der Waals surface area contributed by atoms with Crippen molar-refractivity contribution in [3.05, 3.63) is 23.3 Å². The van der Waals surface area contributed by atoms with Crippen molar-refractivity contribution in [2.45, 2.75) is 27.7 Å². The second-order valence-electron chi connectivity index (χ2n) is 2.62. The minimum Gasteiger partial charge on any atom is -0.386 e. The van der Waals surface area contributed by atoms with Crippen LogP contribution in [0.15, 0.2) is 23.3 Å². The Morgan fingerprint density at radius 3 is 1.46 bits per heavy atom. The van der Waals surface area contributed by atoms with Crippen molar-refractivity contribution in [1.82, 2.24) is 0 Å². The number of carbonyl (C=O) groups excluding carboxylic acids is 2. The average molecular weight is 182 g/mol. The van der Waals surface area contributed by atoms with Crippen LogP contribution in [0.3, 0.4) is 0 Å². The van der Waals surface area contributed by atoms with E-state index in [1.807, 2.05) is 0 Å². The third-order valence-corrected chi connectivity index (χ3v) is 1.70. The predicted molar refractivity (Wildman–Crippen MR) is 50.0 cm³/mol. The van der Waals surface area contributed by atoms with Gasteiger partial charge in [-0.15, -0.1) is 0 Å². The number of ether oxygens (including phenoxy) is 1. The van der Waals surface area contributed by atoms with Crippen LogP contribution in [-0.4, -0.2) is 11.9 Å². The summed E-state index contributed by atoms with van der Waals surface area (Å²) in [5, 5.41) is 0. The smallest absolute Gasteiger partial charge is 0.341 e. The lowest BCUT2D eigenvalue weighted by Gasteiger charge is -2.01. The molecular weight excluding hydrogens is 168 g/mol. The Balaban J connectivity index is 4.32. The summed E-state index contributed by atoms with van der Waals surface area (Å²) < 4.78 is 4.54. The van der Waals surface area contributed by atoms with E-state index in [-0.39, 0.29) is 0 Å². The van der Waals surface area contributed by atoms with Gasteiger partial charge in [-0.2, -0.15) is 0 Å². The molecule has 0 amide bonds. The maximum Gasteiger partial charge on any atom is 0.341 e. The lowest BCUT2D eigenvalue weighted by molar-refractivity contribution is -0.153. The fraction of sp³-hybridized carbons (Fsp3) is 0.400. The van der Waals surface area contributed by atoms with Crippen LogP contribution in [0.25, 0.3) is 0 Å². The highest BCUT2D eigenvalue weighted by atomic mass is 16.6. The highest BCUT2D eigenvalue weighted by Crippen LogP contribution is 2.01. The highest BCUT2D eigenvalue weighted by Gasteiger charge is 2.12. The number of carbonyl (C=O) groups is 2. The van der Waals surface area contributed by atoms with E-state index in [4.69, 9.17) is 0 Å². The van der Waals surface area contributed by atoms with Crippen LogP contribution < -0.4 is 0 Å². The lowest BCUT2D eigenvalue weighted by Crippen LogP contribution is -2.13. The maximum atomic E-state index is 11.1. The van der Waals surface area contributed by atoms with Gasteiger partial charge >= 0.3 is 11.9 Å². The van der Waals surface area contributed by atoms with Gasteiger partial charge in [-0.25, -0.2) is 9.59 Å². The fourth-order valence-electron chi connectivity index (χ4n) is 0.481. The minimum atomic E-state index is -0.589. The van der Waals surface area contributed by atoms with Crippen LogP contribution in [0.1, 0.15) is 27.7 Å². The number of hydrogen-bond donors (Lipinski definition) is 0. The maximum absolute atomic E-state index is 11.1. The van der Waals surface area contributed by atoms with E-state index in [9.17, 15) is 9.59 Å². The quantitative estimate of drug-likeness (QED) is 0.372. The summed E-state index contributed by atoms with van der Waals surface area (Å²) in [4.78, 5) is 22.1. The Kier molecular flexibility index (Phi) is 4.74. The van der Waals surface area contributed by atoms with Gasteiger partial charge in [-0.1, -0.05) is 12.2 Å². The molecule has 0 atom stereocenters. The van der Waals surface area contributed by atoms with Gasteiger partial charge < -0.3 is 4.74 Å². The van der Waals surface area contributed by atoms with Crippen molar-refractivity contribution < 1.29 is 14.3 Å². The first kappa shape index (κ1) is 11.6. The molecule has 3 nitrogen and oxygen atoms in total. The van der Waals surface area contributed by atoms with Gasteiger partial charge in [0.15, 0.2) is 0 Å². The Hall–Kier alpha value is -1.38. The van der Waals surface area contributed by atoms with Crippen molar-refractivity contribution in [2.24, 2.45) is 0 Å². The fourth-order valence-corrected chi connectivity index (χ4v) is 0.481. The van der Waals surface area contributed by atoms with Crippen LogP contribution in [0, 0.1) is 0 Å². The molecule has 0 saturated carbocycles. The summed E-state index contributed by atoms with van der Waals surface area (Å²) in [5.41, 5.74) is 0.856. The zero-order chi connectivity index (χ0) is 10.4. The van der Waals surface area contributed by atoms with Crippen LogP contribution >= 0.6 is 0 Å². The zero-order valence-electron chi connectivity index (χ0n) is 8.38. The molecule has 0 rings (SSSR count). The van der Waals surface area contributed by atoms with Crippen LogP contribution in [0.4, 0.5) is 0 Å². The summed E-state index contributed by atoms with van der Waals surface area (Å²) in [6.45, 7) is 6.62. The third kappa shape index (κ3) is 3.69. The Bertz CT molecular complexity index is 244. The molecule has 0 saturated heterocycles. The van der Waals surface area contributed by atoms with Crippen LogP contribution in [0.2, 0.25) is 0 Å². The molecule has 0 aromatic rings. The predicted octanol–water partition coefficient (Wildman–Crippen LogP) is 1.99. The van der Waals surface area contributed by atoms with Gasteiger partial charge in [-0.3, -0.25) is 0 Å². The monoisotopic (exact) mass is 182 g/mol. The molecule has 0 bridgehead atoms. The lowest BCUT2D eigenvalue weighted by atomic mass is 10.3. The molecule has 0 fully saturated rings. The van der Waals surface area contributed by atoms with E-state index < -0.39 is 11.9 Å². The van der Waals surface area contributed by atoms with Crippen LogP contribution in [-0.2, 0) is 14.3 Å². The Morgan fingerprint density at radius 1 is 0.923 bits per heavy atom. The average Bonchev–Trinajstić information content (AvgIpc) is 2.14. The SMILES string of the molecule is CC=C(C)C(=O)OC(=O)C(C)=CC. The standard InChI is InChI=1S/C10H14O3/c1-5-7(3)9(11)13-10(12)8(4)6-2/h5-6H,1-4H3. The van der Waals surface area contributed by atoms with Crippen LogP contribution in [0.5, 0.6) is 0 Å². The molecular formula is C10H14O3.